The number of esters is 1. The molecule has 0 aliphatic heterocycles. The van der Waals surface area contributed by atoms with Crippen molar-refractivity contribution in [1.82, 2.24) is 0 Å². The fourth-order valence-corrected chi connectivity index (χ4v) is 1.58. The molecular formula is C10H8O4S. The fraction of sp³-hybridized carbons (Fsp3) is 0.200. The van der Waals surface area contributed by atoms with E-state index in [1.165, 1.54) is 17.4 Å². The maximum absolute atomic E-state index is 10.9. The van der Waals surface area contributed by atoms with Crippen molar-refractivity contribution in [3.05, 3.63) is 21.9 Å². The molecule has 0 bridgehead atoms. The van der Waals surface area contributed by atoms with Crippen molar-refractivity contribution in [3.63, 3.8) is 0 Å². The monoisotopic (exact) mass is 224 g/mol. The second-order valence-electron chi connectivity index (χ2n) is 2.44. The summed E-state index contributed by atoms with van der Waals surface area (Å²) in [5.74, 6) is 2.99. The molecule has 0 spiro atoms. The molecule has 15 heavy (non-hydrogen) atoms. The van der Waals surface area contributed by atoms with Crippen LogP contribution in [-0.4, -0.2) is 23.7 Å². The van der Waals surface area contributed by atoms with E-state index >= 15 is 0 Å². The zero-order valence-electron chi connectivity index (χ0n) is 7.94. The van der Waals surface area contributed by atoms with E-state index < -0.39 is 11.9 Å². The zero-order chi connectivity index (χ0) is 11.3. The van der Waals surface area contributed by atoms with E-state index in [9.17, 15) is 9.59 Å². The van der Waals surface area contributed by atoms with Crippen molar-refractivity contribution >= 4 is 23.3 Å². The average molecular weight is 224 g/mol. The van der Waals surface area contributed by atoms with Gasteiger partial charge in [0, 0.05) is 5.92 Å². The third kappa shape index (κ3) is 3.11. The highest BCUT2D eigenvalue weighted by molar-refractivity contribution is 7.10. The van der Waals surface area contributed by atoms with Crippen molar-refractivity contribution in [3.8, 4) is 11.8 Å². The van der Waals surface area contributed by atoms with Gasteiger partial charge in [0.1, 0.15) is 0 Å². The van der Waals surface area contributed by atoms with Gasteiger partial charge in [-0.15, -0.1) is 11.3 Å². The van der Waals surface area contributed by atoms with Gasteiger partial charge in [0.25, 0.3) is 0 Å². The lowest BCUT2D eigenvalue weighted by molar-refractivity contribution is -0.136. The molecule has 4 nitrogen and oxygen atoms in total. The first-order valence-corrected chi connectivity index (χ1v) is 5.02. The minimum atomic E-state index is -1.05. The van der Waals surface area contributed by atoms with Crippen LogP contribution in [0.3, 0.4) is 0 Å². The normalized spacial score (nSPS) is 8.87. The van der Waals surface area contributed by atoms with Crippen LogP contribution in [-0.2, 0) is 9.53 Å². The van der Waals surface area contributed by atoms with Crippen LogP contribution in [0.15, 0.2) is 11.4 Å². The van der Waals surface area contributed by atoms with Gasteiger partial charge in [-0.1, -0.05) is 0 Å². The minimum absolute atomic E-state index is 0.108. The predicted molar refractivity (Wildman–Crippen MR) is 54.8 cm³/mol. The van der Waals surface area contributed by atoms with E-state index in [-0.39, 0.29) is 12.2 Å². The quantitative estimate of drug-likeness (QED) is 0.608. The first-order valence-electron chi connectivity index (χ1n) is 4.14. The zero-order valence-corrected chi connectivity index (χ0v) is 8.76. The number of carbonyl (C=O) groups is 2. The van der Waals surface area contributed by atoms with E-state index in [0.29, 0.717) is 4.88 Å². The summed E-state index contributed by atoms with van der Waals surface area (Å²) in [6, 6.07) is 1.45. The van der Waals surface area contributed by atoms with Gasteiger partial charge in [-0.2, -0.15) is 0 Å². The maximum Gasteiger partial charge on any atom is 0.384 e. The molecule has 1 aromatic rings. The number of aromatic carboxylic acids is 1. The molecule has 0 aromatic carbocycles. The predicted octanol–water partition coefficient (Wildman–Crippen LogP) is 1.36. The van der Waals surface area contributed by atoms with Gasteiger partial charge in [0.2, 0.25) is 0 Å². The molecule has 0 radical (unpaired) electrons. The molecule has 0 aliphatic carbocycles. The van der Waals surface area contributed by atoms with Crippen LogP contribution >= 0.6 is 11.3 Å². The second kappa shape index (κ2) is 5.17. The molecule has 0 fully saturated rings. The number of hydrogen-bond acceptors (Lipinski definition) is 4. The van der Waals surface area contributed by atoms with Gasteiger partial charge in [0.05, 0.1) is 17.0 Å². The summed E-state index contributed by atoms with van der Waals surface area (Å²) >= 11 is 1.18. The molecular weight excluding hydrogens is 216 g/mol. The number of hydrogen-bond donors (Lipinski definition) is 1. The lowest BCUT2D eigenvalue weighted by atomic mass is 10.2. The largest absolute Gasteiger partial charge is 0.478 e. The fourth-order valence-electron chi connectivity index (χ4n) is 0.849. The Morgan fingerprint density at radius 1 is 1.60 bits per heavy atom. The molecule has 0 unspecified atom stereocenters. The topological polar surface area (TPSA) is 63.6 Å². The summed E-state index contributed by atoms with van der Waals surface area (Å²) < 4.78 is 4.59. The lowest BCUT2D eigenvalue weighted by Gasteiger charge is -1.91. The smallest absolute Gasteiger partial charge is 0.384 e. The average Bonchev–Trinajstić information content (AvgIpc) is 2.63. The molecule has 0 atom stereocenters. The van der Waals surface area contributed by atoms with Crippen molar-refractivity contribution in [2.45, 2.75) is 6.92 Å². The van der Waals surface area contributed by atoms with Gasteiger partial charge in [-0.05, 0) is 24.3 Å². The van der Waals surface area contributed by atoms with Gasteiger partial charge in [-0.3, -0.25) is 0 Å². The van der Waals surface area contributed by atoms with E-state index in [1.807, 2.05) is 0 Å². The Bertz CT molecular complexity index is 436. The number of carboxylic acid groups (broad SMARTS) is 1. The van der Waals surface area contributed by atoms with Gasteiger partial charge in [-0.25, -0.2) is 9.59 Å². The molecule has 1 rings (SSSR count). The maximum atomic E-state index is 10.9. The number of rotatable bonds is 2. The molecule has 5 heteroatoms. The molecule has 1 heterocycles. The Kier molecular flexibility index (Phi) is 3.89. The molecule has 78 valence electrons. The number of carboxylic acids is 1. The Labute approximate surface area is 90.5 Å². The van der Waals surface area contributed by atoms with Crippen LogP contribution in [0, 0.1) is 11.8 Å². The summed E-state index contributed by atoms with van der Waals surface area (Å²) in [6.45, 7) is 1.93. The Morgan fingerprint density at radius 2 is 2.33 bits per heavy atom. The summed E-state index contributed by atoms with van der Waals surface area (Å²) in [7, 11) is 0. The van der Waals surface area contributed by atoms with Crippen LogP contribution in [0.5, 0.6) is 0 Å². The number of thiophene rings is 1. The molecule has 1 N–H and O–H groups in total. The highest BCUT2D eigenvalue weighted by Crippen LogP contribution is 2.14. The highest BCUT2D eigenvalue weighted by atomic mass is 32.1. The van der Waals surface area contributed by atoms with Crippen molar-refractivity contribution in [1.29, 1.82) is 0 Å². The van der Waals surface area contributed by atoms with Crippen LogP contribution in [0.1, 0.15) is 22.2 Å². The molecule has 0 saturated heterocycles. The van der Waals surface area contributed by atoms with Crippen LogP contribution in [0.2, 0.25) is 0 Å². The molecule has 1 aromatic heterocycles. The van der Waals surface area contributed by atoms with Gasteiger partial charge >= 0.3 is 11.9 Å². The summed E-state index contributed by atoms with van der Waals surface area (Å²) in [6.07, 6.45) is 0. The van der Waals surface area contributed by atoms with Crippen molar-refractivity contribution < 1.29 is 19.4 Å². The first-order chi connectivity index (χ1) is 7.15. The Balaban J connectivity index is 2.84. The Morgan fingerprint density at radius 3 is 2.93 bits per heavy atom. The minimum Gasteiger partial charge on any atom is -0.478 e. The summed E-state index contributed by atoms with van der Waals surface area (Å²) in [4.78, 5) is 21.9. The van der Waals surface area contributed by atoms with Gasteiger partial charge < -0.3 is 9.84 Å². The SMILES string of the molecule is CCOC(=O)C#Cc1sccc1C(=O)O. The first kappa shape index (κ1) is 11.3. The number of ether oxygens (including phenoxy) is 1. The van der Waals surface area contributed by atoms with Crippen LogP contribution in [0.4, 0.5) is 0 Å². The highest BCUT2D eigenvalue weighted by Gasteiger charge is 2.09. The molecule has 0 aliphatic rings. The standard InChI is InChI=1S/C10H8O4S/c1-2-14-9(11)4-3-8-7(10(12)13)5-6-15-8/h5-6H,2H2,1H3,(H,12,13). The number of carbonyl (C=O) groups excluding carboxylic acids is 1. The van der Waals surface area contributed by atoms with E-state index in [1.54, 1.807) is 12.3 Å². The third-order valence-corrected chi connectivity index (χ3v) is 2.28. The molecule has 0 amide bonds. The van der Waals surface area contributed by atoms with E-state index in [4.69, 9.17) is 5.11 Å². The second-order valence-corrected chi connectivity index (χ2v) is 3.36. The van der Waals surface area contributed by atoms with Gasteiger partial charge in [0.15, 0.2) is 0 Å². The van der Waals surface area contributed by atoms with E-state index in [0.717, 1.165) is 0 Å². The Hall–Kier alpha value is -1.80. The summed E-state index contributed by atoms with van der Waals surface area (Å²) in [5.41, 5.74) is 0.108. The summed E-state index contributed by atoms with van der Waals surface area (Å²) in [5, 5.41) is 10.4. The van der Waals surface area contributed by atoms with Crippen molar-refractivity contribution in [2.24, 2.45) is 0 Å². The molecule has 0 saturated carbocycles. The van der Waals surface area contributed by atoms with Crippen molar-refractivity contribution in [2.75, 3.05) is 6.61 Å². The lowest BCUT2D eigenvalue weighted by Crippen LogP contribution is -2.00. The van der Waals surface area contributed by atoms with E-state index in [2.05, 4.69) is 16.6 Å². The third-order valence-electron chi connectivity index (χ3n) is 1.45. The van der Waals surface area contributed by atoms with Crippen LogP contribution in [0.25, 0.3) is 0 Å². The van der Waals surface area contributed by atoms with Crippen LogP contribution < -0.4 is 0 Å².